The summed E-state index contributed by atoms with van der Waals surface area (Å²) >= 11 is 0. The predicted octanol–water partition coefficient (Wildman–Crippen LogP) is 3.53. The number of nitrogens with two attached hydrogens (primary N) is 1. The molecule has 21 heavy (non-hydrogen) atoms. The Morgan fingerprint density at radius 1 is 1.14 bits per heavy atom. The van der Waals surface area contributed by atoms with Gasteiger partial charge in [-0.05, 0) is 43.4 Å². The Labute approximate surface area is 127 Å². The number of aryl methyl sites for hydroxylation is 2. The van der Waals surface area contributed by atoms with Crippen LogP contribution in [0.25, 0.3) is 0 Å². The van der Waals surface area contributed by atoms with E-state index in [0.29, 0.717) is 0 Å². The summed E-state index contributed by atoms with van der Waals surface area (Å²) in [7, 11) is 1.70. The highest BCUT2D eigenvalue weighted by Gasteiger charge is 2.14. The second kappa shape index (κ2) is 7.81. The summed E-state index contributed by atoms with van der Waals surface area (Å²) in [6.07, 6.45) is 3.12. The highest BCUT2D eigenvalue weighted by Crippen LogP contribution is 2.29. The molecule has 0 bridgehead atoms. The van der Waals surface area contributed by atoms with Crippen molar-refractivity contribution >= 4 is 0 Å². The lowest BCUT2D eigenvalue weighted by Crippen LogP contribution is -2.28. The van der Waals surface area contributed by atoms with Crippen LogP contribution in [0.4, 0.5) is 0 Å². The molecule has 0 radical (unpaired) electrons. The zero-order valence-electron chi connectivity index (χ0n) is 12.8. The summed E-state index contributed by atoms with van der Waals surface area (Å²) < 4.78 is 5.48. The van der Waals surface area contributed by atoms with Gasteiger partial charge in [-0.15, -0.1) is 0 Å². The van der Waals surface area contributed by atoms with Crippen molar-refractivity contribution in [2.45, 2.75) is 32.2 Å². The molecular formula is C18H24N2O. The van der Waals surface area contributed by atoms with E-state index < -0.39 is 0 Å². The minimum Gasteiger partial charge on any atom is -0.496 e. The second-order valence-electron chi connectivity index (χ2n) is 5.34. The van der Waals surface area contributed by atoms with E-state index in [9.17, 15) is 0 Å². The minimum atomic E-state index is 0.115. The third-order valence-corrected chi connectivity index (χ3v) is 3.77. The molecular weight excluding hydrogens is 260 g/mol. The quantitative estimate of drug-likeness (QED) is 0.604. The Hall–Kier alpha value is -1.84. The van der Waals surface area contributed by atoms with Gasteiger partial charge in [-0.3, -0.25) is 11.3 Å². The van der Waals surface area contributed by atoms with Crippen LogP contribution in [0, 0.1) is 6.92 Å². The topological polar surface area (TPSA) is 47.3 Å². The molecule has 1 atom stereocenters. The minimum absolute atomic E-state index is 0.115. The van der Waals surface area contributed by atoms with Crippen molar-refractivity contribution in [1.29, 1.82) is 0 Å². The van der Waals surface area contributed by atoms with E-state index in [4.69, 9.17) is 10.6 Å². The maximum atomic E-state index is 5.74. The summed E-state index contributed by atoms with van der Waals surface area (Å²) in [6.45, 7) is 2.06. The standard InChI is InChI=1S/C18H24N2O/c1-14-11-12-16(18(13-14)21-2)17(20-19)10-6-9-15-7-4-3-5-8-15/h3-5,7-8,11-13,17,20H,6,9-10,19H2,1-2H3. The van der Waals surface area contributed by atoms with Crippen molar-refractivity contribution < 1.29 is 4.74 Å². The number of hydrazine groups is 1. The Morgan fingerprint density at radius 2 is 1.90 bits per heavy atom. The molecule has 0 heterocycles. The number of hydrogen-bond donors (Lipinski definition) is 2. The van der Waals surface area contributed by atoms with Crippen LogP contribution in [0.15, 0.2) is 48.5 Å². The average molecular weight is 284 g/mol. The smallest absolute Gasteiger partial charge is 0.123 e. The maximum Gasteiger partial charge on any atom is 0.123 e. The monoisotopic (exact) mass is 284 g/mol. The molecule has 0 aliphatic rings. The van der Waals surface area contributed by atoms with E-state index >= 15 is 0 Å². The molecule has 0 fully saturated rings. The zero-order chi connectivity index (χ0) is 15.1. The van der Waals surface area contributed by atoms with Crippen LogP contribution in [0.2, 0.25) is 0 Å². The Kier molecular flexibility index (Phi) is 5.78. The number of hydrogen-bond acceptors (Lipinski definition) is 3. The van der Waals surface area contributed by atoms with Gasteiger partial charge in [0, 0.05) is 11.6 Å². The lowest BCUT2D eigenvalue weighted by atomic mass is 9.98. The van der Waals surface area contributed by atoms with Gasteiger partial charge in [-0.25, -0.2) is 0 Å². The summed E-state index contributed by atoms with van der Waals surface area (Å²) in [4.78, 5) is 0. The van der Waals surface area contributed by atoms with Crippen molar-refractivity contribution in [3.05, 3.63) is 65.2 Å². The Morgan fingerprint density at radius 3 is 2.57 bits per heavy atom. The molecule has 0 aromatic heterocycles. The first-order chi connectivity index (χ1) is 10.2. The molecule has 0 amide bonds. The molecule has 3 heteroatoms. The summed E-state index contributed by atoms with van der Waals surface area (Å²) in [5.74, 6) is 6.64. The number of benzene rings is 2. The van der Waals surface area contributed by atoms with Gasteiger partial charge < -0.3 is 4.74 Å². The highest BCUT2D eigenvalue weighted by molar-refractivity contribution is 5.39. The van der Waals surface area contributed by atoms with E-state index in [-0.39, 0.29) is 6.04 Å². The molecule has 2 rings (SSSR count). The fourth-order valence-corrected chi connectivity index (χ4v) is 2.59. The molecule has 1 unspecified atom stereocenters. The van der Waals surface area contributed by atoms with E-state index in [1.807, 2.05) is 6.07 Å². The van der Waals surface area contributed by atoms with Crippen LogP contribution in [0.1, 0.15) is 35.6 Å². The van der Waals surface area contributed by atoms with Crippen LogP contribution in [0.5, 0.6) is 5.75 Å². The van der Waals surface area contributed by atoms with Crippen LogP contribution < -0.4 is 16.0 Å². The van der Waals surface area contributed by atoms with Crippen molar-refractivity contribution in [2.24, 2.45) is 5.84 Å². The van der Waals surface area contributed by atoms with E-state index in [2.05, 4.69) is 54.8 Å². The van der Waals surface area contributed by atoms with Gasteiger partial charge in [-0.1, -0.05) is 42.5 Å². The van der Waals surface area contributed by atoms with Crippen LogP contribution in [0.3, 0.4) is 0 Å². The summed E-state index contributed by atoms with van der Waals surface area (Å²) in [5, 5.41) is 0. The normalized spacial score (nSPS) is 12.1. The predicted molar refractivity (Wildman–Crippen MR) is 87.2 cm³/mol. The summed E-state index contributed by atoms with van der Waals surface area (Å²) in [5.41, 5.74) is 6.60. The molecule has 3 N–H and O–H groups in total. The molecule has 112 valence electrons. The number of methoxy groups -OCH3 is 1. The van der Waals surface area contributed by atoms with Crippen molar-refractivity contribution in [3.63, 3.8) is 0 Å². The Balaban J connectivity index is 2.00. The zero-order valence-corrected chi connectivity index (χ0v) is 12.8. The molecule has 2 aromatic carbocycles. The molecule has 0 spiro atoms. The fourth-order valence-electron chi connectivity index (χ4n) is 2.59. The number of ether oxygens (including phenoxy) is 1. The lowest BCUT2D eigenvalue weighted by molar-refractivity contribution is 0.394. The van der Waals surface area contributed by atoms with E-state index in [0.717, 1.165) is 30.6 Å². The maximum absolute atomic E-state index is 5.74. The molecule has 0 saturated heterocycles. The van der Waals surface area contributed by atoms with Gasteiger partial charge in [0.15, 0.2) is 0 Å². The van der Waals surface area contributed by atoms with Crippen LogP contribution in [-0.4, -0.2) is 7.11 Å². The molecule has 2 aromatic rings. The van der Waals surface area contributed by atoms with E-state index in [1.165, 1.54) is 11.1 Å². The van der Waals surface area contributed by atoms with Crippen molar-refractivity contribution in [3.8, 4) is 5.75 Å². The molecule has 0 aliphatic carbocycles. The van der Waals surface area contributed by atoms with Gasteiger partial charge in [0.25, 0.3) is 0 Å². The molecule has 0 aliphatic heterocycles. The SMILES string of the molecule is COc1cc(C)ccc1C(CCCc1ccccc1)NN. The van der Waals surface area contributed by atoms with Crippen molar-refractivity contribution in [2.75, 3.05) is 7.11 Å². The van der Waals surface area contributed by atoms with Gasteiger partial charge >= 0.3 is 0 Å². The van der Waals surface area contributed by atoms with E-state index in [1.54, 1.807) is 7.11 Å². The largest absolute Gasteiger partial charge is 0.496 e. The molecule has 0 saturated carbocycles. The Bertz CT molecular complexity index is 554. The van der Waals surface area contributed by atoms with Gasteiger partial charge in [-0.2, -0.15) is 0 Å². The number of nitrogens with one attached hydrogen (secondary N) is 1. The molecule has 3 nitrogen and oxygen atoms in total. The third kappa shape index (κ3) is 4.31. The van der Waals surface area contributed by atoms with Crippen molar-refractivity contribution in [1.82, 2.24) is 5.43 Å². The average Bonchev–Trinajstić information content (AvgIpc) is 2.53. The van der Waals surface area contributed by atoms with Crippen LogP contribution >= 0.6 is 0 Å². The first-order valence-electron chi connectivity index (χ1n) is 7.39. The van der Waals surface area contributed by atoms with Gasteiger partial charge in [0.05, 0.1) is 7.11 Å². The number of rotatable bonds is 7. The lowest BCUT2D eigenvalue weighted by Gasteiger charge is -2.19. The summed E-state index contributed by atoms with van der Waals surface area (Å²) in [6, 6.07) is 16.9. The second-order valence-corrected chi connectivity index (χ2v) is 5.34. The van der Waals surface area contributed by atoms with Gasteiger partial charge in [0.1, 0.15) is 5.75 Å². The first-order valence-corrected chi connectivity index (χ1v) is 7.39. The third-order valence-electron chi connectivity index (χ3n) is 3.77. The van der Waals surface area contributed by atoms with Crippen LogP contribution in [-0.2, 0) is 6.42 Å². The highest BCUT2D eigenvalue weighted by atomic mass is 16.5. The first kappa shape index (κ1) is 15.5. The fraction of sp³-hybridized carbons (Fsp3) is 0.333. The van der Waals surface area contributed by atoms with Gasteiger partial charge in [0.2, 0.25) is 0 Å².